The molecule has 0 saturated carbocycles. The topological polar surface area (TPSA) is 38.8 Å². The fourth-order valence-electron chi connectivity index (χ4n) is 2.62. The van der Waals surface area contributed by atoms with Crippen LogP contribution in [0.4, 0.5) is 4.79 Å². The van der Waals surface area contributed by atoms with Gasteiger partial charge in [0.15, 0.2) is 0 Å². The van der Waals surface area contributed by atoms with Gasteiger partial charge in [-0.05, 0) is 35.2 Å². The first kappa shape index (κ1) is 14.4. The molecular formula is C18H19NO3. The highest BCUT2D eigenvalue weighted by molar-refractivity contribution is 5.68. The largest absolute Gasteiger partial charge is 0.497 e. The van der Waals surface area contributed by atoms with Gasteiger partial charge in [-0.15, -0.1) is 0 Å². The second-order valence-electron chi connectivity index (χ2n) is 5.35. The van der Waals surface area contributed by atoms with Crippen LogP contribution < -0.4 is 4.74 Å². The van der Waals surface area contributed by atoms with Crippen molar-refractivity contribution in [1.29, 1.82) is 0 Å². The summed E-state index contributed by atoms with van der Waals surface area (Å²) in [6.45, 7) is 1.58. The predicted molar refractivity (Wildman–Crippen MR) is 83.7 cm³/mol. The number of fused-ring (bicyclic) bond motifs is 1. The number of ether oxygens (including phenoxy) is 2. The molecule has 22 heavy (non-hydrogen) atoms. The summed E-state index contributed by atoms with van der Waals surface area (Å²) < 4.78 is 10.6. The summed E-state index contributed by atoms with van der Waals surface area (Å²) in [6, 6.07) is 15.7. The molecule has 114 valence electrons. The van der Waals surface area contributed by atoms with E-state index in [1.54, 1.807) is 12.0 Å². The number of rotatable bonds is 3. The maximum Gasteiger partial charge on any atom is 0.410 e. The molecule has 1 aliphatic rings. The first-order chi connectivity index (χ1) is 10.8. The van der Waals surface area contributed by atoms with Crippen molar-refractivity contribution < 1.29 is 14.3 Å². The van der Waals surface area contributed by atoms with E-state index in [1.807, 2.05) is 48.5 Å². The molecule has 2 aromatic carbocycles. The van der Waals surface area contributed by atoms with E-state index < -0.39 is 0 Å². The van der Waals surface area contributed by atoms with Crippen molar-refractivity contribution in [3.05, 3.63) is 65.2 Å². The van der Waals surface area contributed by atoms with E-state index in [9.17, 15) is 4.79 Å². The molecule has 0 spiro atoms. The Balaban J connectivity index is 1.60. The Bertz CT molecular complexity index is 655. The molecule has 1 amide bonds. The van der Waals surface area contributed by atoms with Gasteiger partial charge >= 0.3 is 6.09 Å². The van der Waals surface area contributed by atoms with Crippen LogP contribution in [0.5, 0.6) is 5.75 Å². The van der Waals surface area contributed by atoms with E-state index in [-0.39, 0.29) is 6.09 Å². The van der Waals surface area contributed by atoms with E-state index in [0.29, 0.717) is 19.7 Å². The summed E-state index contributed by atoms with van der Waals surface area (Å²) in [5.41, 5.74) is 3.40. The summed E-state index contributed by atoms with van der Waals surface area (Å²) in [5, 5.41) is 0. The summed E-state index contributed by atoms with van der Waals surface area (Å²) in [6.07, 6.45) is 0.567. The molecule has 1 heterocycles. The van der Waals surface area contributed by atoms with E-state index in [4.69, 9.17) is 9.47 Å². The zero-order valence-electron chi connectivity index (χ0n) is 12.6. The Kier molecular flexibility index (Phi) is 4.28. The number of hydrogen-bond donors (Lipinski definition) is 0. The van der Waals surface area contributed by atoms with Gasteiger partial charge in [0, 0.05) is 13.1 Å². The van der Waals surface area contributed by atoms with Crippen molar-refractivity contribution in [2.24, 2.45) is 0 Å². The molecule has 0 aromatic heterocycles. The zero-order valence-corrected chi connectivity index (χ0v) is 12.6. The third kappa shape index (κ3) is 3.22. The molecule has 0 aliphatic carbocycles. The minimum atomic E-state index is -0.259. The second kappa shape index (κ2) is 6.52. The lowest BCUT2D eigenvalue weighted by Gasteiger charge is -2.28. The van der Waals surface area contributed by atoms with E-state index in [2.05, 4.69) is 0 Å². The molecule has 0 radical (unpaired) electrons. The monoisotopic (exact) mass is 297 g/mol. The fourth-order valence-corrected chi connectivity index (χ4v) is 2.62. The van der Waals surface area contributed by atoms with Crippen LogP contribution in [0.3, 0.4) is 0 Å². The molecule has 0 unspecified atom stereocenters. The van der Waals surface area contributed by atoms with E-state index in [1.165, 1.54) is 5.56 Å². The summed E-state index contributed by atoms with van der Waals surface area (Å²) >= 11 is 0. The number of hydrogen-bond acceptors (Lipinski definition) is 3. The van der Waals surface area contributed by atoms with Gasteiger partial charge in [0.05, 0.1) is 7.11 Å². The van der Waals surface area contributed by atoms with Crippen LogP contribution in [0, 0.1) is 0 Å². The van der Waals surface area contributed by atoms with Crippen LogP contribution in [0.2, 0.25) is 0 Å². The molecule has 3 rings (SSSR count). The Hall–Kier alpha value is -2.49. The van der Waals surface area contributed by atoms with Crippen molar-refractivity contribution in [3.8, 4) is 5.75 Å². The third-order valence-corrected chi connectivity index (χ3v) is 3.89. The molecule has 1 aliphatic heterocycles. The van der Waals surface area contributed by atoms with Crippen molar-refractivity contribution in [3.63, 3.8) is 0 Å². The average Bonchev–Trinajstić information content (AvgIpc) is 2.59. The molecule has 0 atom stereocenters. The molecule has 2 aromatic rings. The molecule has 0 N–H and O–H groups in total. The fraction of sp³-hybridized carbons (Fsp3) is 0.278. The summed E-state index contributed by atoms with van der Waals surface area (Å²) in [5.74, 6) is 0.860. The van der Waals surface area contributed by atoms with Gasteiger partial charge in [-0.1, -0.05) is 36.4 Å². The van der Waals surface area contributed by atoms with Gasteiger partial charge in [0.2, 0.25) is 0 Å². The summed E-state index contributed by atoms with van der Waals surface area (Å²) in [4.78, 5) is 13.9. The zero-order chi connectivity index (χ0) is 15.4. The van der Waals surface area contributed by atoms with Crippen LogP contribution in [0.1, 0.15) is 16.7 Å². The Morgan fingerprint density at radius 1 is 1.14 bits per heavy atom. The predicted octanol–water partition coefficient (Wildman–Crippen LogP) is 3.39. The first-order valence-electron chi connectivity index (χ1n) is 7.37. The maximum absolute atomic E-state index is 12.2. The highest BCUT2D eigenvalue weighted by Gasteiger charge is 2.22. The van der Waals surface area contributed by atoms with Crippen molar-refractivity contribution in [1.82, 2.24) is 4.90 Å². The lowest BCUT2D eigenvalue weighted by Crippen LogP contribution is -2.36. The van der Waals surface area contributed by atoms with Crippen LogP contribution in [0.25, 0.3) is 0 Å². The standard InChI is InChI=1S/C18H19NO3/c1-21-17-8-7-16-12-19(10-9-15(16)11-17)18(20)22-13-14-5-3-2-4-6-14/h2-8,11H,9-10,12-13H2,1H3. The number of carbonyl (C=O) groups is 1. The second-order valence-corrected chi connectivity index (χ2v) is 5.35. The maximum atomic E-state index is 12.2. The van der Waals surface area contributed by atoms with Gasteiger partial charge in [0.25, 0.3) is 0 Å². The number of amides is 1. The molecule has 4 heteroatoms. The smallest absolute Gasteiger partial charge is 0.410 e. The van der Waals surface area contributed by atoms with Gasteiger partial charge in [-0.2, -0.15) is 0 Å². The Morgan fingerprint density at radius 2 is 1.95 bits per heavy atom. The van der Waals surface area contributed by atoms with Gasteiger partial charge < -0.3 is 14.4 Å². The quantitative estimate of drug-likeness (QED) is 0.871. The Labute approximate surface area is 130 Å². The van der Waals surface area contributed by atoms with Gasteiger partial charge in [-0.3, -0.25) is 0 Å². The number of nitrogens with zero attached hydrogens (tertiary/aromatic N) is 1. The van der Waals surface area contributed by atoms with Crippen LogP contribution in [-0.4, -0.2) is 24.6 Å². The van der Waals surface area contributed by atoms with Crippen molar-refractivity contribution in [2.75, 3.05) is 13.7 Å². The van der Waals surface area contributed by atoms with Gasteiger partial charge in [0.1, 0.15) is 12.4 Å². The van der Waals surface area contributed by atoms with Crippen molar-refractivity contribution >= 4 is 6.09 Å². The molecule has 0 bridgehead atoms. The lowest BCUT2D eigenvalue weighted by atomic mass is 10.00. The average molecular weight is 297 g/mol. The molecule has 4 nitrogen and oxygen atoms in total. The number of benzene rings is 2. The molecule has 0 saturated heterocycles. The van der Waals surface area contributed by atoms with Crippen LogP contribution >= 0.6 is 0 Å². The normalized spacial score (nSPS) is 13.4. The number of carbonyl (C=O) groups excluding carboxylic acids is 1. The lowest BCUT2D eigenvalue weighted by molar-refractivity contribution is 0.0918. The molecular weight excluding hydrogens is 278 g/mol. The van der Waals surface area contributed by atoms with E-state index >= 15 is 0 Å². The first-order valence-corrected chi connectivity index (χ1v) is 7.37. The Morgan fingerprint density at radius 3 is 2.73 bits per heavy atom. The number of methoxy groups -OCH3 is 1. The van der Waals surface area contributed by atoms with Crippen LogP contribution in [-0.2, 0) is 24.3 Å². The van der Waals surface area contributed by atoms with Crippen molar-refractivity contribution in [2.45, 2.75) is 19.6 Å². The molecule has 0 fully saturated rings. The minimum Gasteiger partial charge on any atom is -0.497 e. The summed E-state index contributed by atoms with van der Waals surface area (Å²) in [7, 11) is 1.66. The minimum absolute atomic E-state index is 0.259. The van der Waals surface area contributed by atoms with E-state index in [0.717, 1.165) is 23.3 Å². The highest BCUT2D eigenvalue weighted by Crippen LogP contribution is 2.24. The third-order valence-electron chi connectivity index (χ3n) is 3.89. The highest BCUT2D eigenvalue weighted by atomic mass is 16.6. The van der Waals surface area contributed by atoms with Crippen LogP contribution in [0.15, 0.2) is 48.5 Å². The van der Waals surface area contributed by atoms with Gasteiger partial charge in [-0.25, -0.2) is 4.79 Å². The SMILES string of the molecule is COc1ccc2c(c1)CCN(C(=O)OCc1ccccc1)C2.